The Bertz CT molecular complexity index is 1110. The molecule has 8 nitrogen and oxygen atoms in total. The average Bonchev–Trinajstić information content (AvgIpc) is 3.47. The minimum absolute atomic E-state index is 0.0719. The maximum absolute atomic E-state index is 12.0. The summed E-state index contributed by atoms with van der Waals surface area (Å²) in [5.41, 5.74) is 7.40. The Morgan fingerprint density at radius 2 is 1.97 bits per heavy atom. The highest BCUT2D eigenvalue weighted by Crippen LogP contribution is 2.45. The molecule has 2 bridgehead atoms. The highest BCUT2D eigenvalue weighted by Gasteiger charge is 2.47. The van der Waals surface area contributed by atoms with Gasteiger partial charge in [-0.2, -0.15) is 10.1 Å². The lowest BCUT2D eigenvalue weighted by Crippen LogP contribution is -2.41. The van der Waals surface area contributed by atoms with Crippen LogP contribution in [-0.4, -0.2) is 31.7 Å². The van der Waals surface area contributed by atoms with Crippen LogP contribution in [0.15, 0.2) is 65.5 Å². The lowest BCUT2D eigenvalue weighted by molar-refractivity contribution is -0.122. The van der Waals surface area contributed by atoms with Crippen LogP contribution in [0.1, 0.15) is 6.42 Å². The van der Waals surface area contributed by atoms with Gasteiger partial charge in [0.1, 0.15) is 5.82 Å². The average molecular weight is 466 g/mol. The molecule has 2 aliphatic carbocycles. The van der Waals surface area contributed by atoms with Crippen LogP contribution < -0.4 is 16.4 Å². The van der Waals surface area contributed by atoms with Crippen molar-refractivity contribution in [2.75, 3.05) is 10.6 Å². The zero-order valence-electron chi connectivity index (χ0n) is 15.9. The molecule has 0 aliphatic heterocycles. The van der Waals surface area contributed by atoms with Gasteiger partial charge in [0.2, 0.25) is 11.9 Å². The molecule has 1 aromatic carbocycles. The molecule has 152 valence electrons. The first-order valence-corrected chi connectivity index (χ1v) is 10.5. The summed E-state index contributed by atoms with van der Waals surface area (Å²) in [5, 5.41) is 11.0. The van der Waals surface area contributed by atoms with Crippen molar-refractivity contribution in [3.8, 4) is 5.69 Å². The van der Waals surface area contributed by atoms with Crippen LogP contribution in [0.3, 0.4) is 0 Å². The Kier molecular flexibility index (Phi) is 4.74. The predicted molar refractivity (Wildman–Crippen MR) is 117 cm³/mol. The van der Waals surface area contributed by atoms with Crippen LogP contribution >= 0.6 is 15.9 Å². The Morgan fingerprint density at radius 1 is 1.17 bits per heavy atom. The van der Waals surface area contributed by atoms with Crippen molar-refractivity contribution in [1.82, 2.24) is 19.7 Å². The molecule has 9 heteroatoms. The second kappa shape index (κ2) is 7.56. The molecule has 0 unspecified atom stereocenters. The zero-order valence-corrected chi connectivity index (χ0v) is 17.5. The summed E-state index contributed by atoms with van der Waals surface area (Å²) in [5.74, 6) is 1.02. The molecule has 30 heavy (non-hydrogen) atoms. The molecule has 0 radical (unpaired) electrons. The number of carbonyl (C=O) groups is 1. The minimum Gasteiger partial charge on any atom is -0.369 e. The third-order valence-electron chi connectivity index (χ3n) is 5.69. The van der Waals surface area contributed by atoms with E-state index in [4.69, 9.17) is 5.73 Å². The van der Waals surface area contributed by atoms with Crippen LogP contribution in [0.5, 0.6) is 0 Å². The molecule has 0 spiro atoms. The van der Waals surface area contributed by atoms with Gasteiger partial charge in [0.15, 0.2) is 0 Å². The molecule has 5 rings (SSSR count). The van der Waals surface area contributed by atoms with Crippen molar-refractivity contribution < 1.29 is 4.79 Å². The van der Waals surface area contributed by atoms with E-state index in [9.17, 15) is 4.79 Å². The highest BCUT2D eigenvalue weighted by atomic mass is 79.9. The maximum Gasteiger partial charge on any atom is 0.229 e. The number of allylic oxidation sites excluding steroid dienone is 1. The molecule has 1 fully saturated rings. The standard InChI is InChI=1S/C21H20BrN7O/c22-16-10-24-21(26-14-9-25-29(11-14)15-4-2-1-3-5-15)28-20(16)27-18-13-7-6-12(8-13)17(18)19(23)30/h1-7,9-13,17-18H,8H2,(H2,23,30)(H2,24,26,27,28)/t12-,13+,17+,18-/m1/s1. The highest BCUT2D eigenvalue weighted by molar-refractivity contribution is 9.10. The first-order chi connectivity index (χ1) is 14.6. The summed E-state index contributed by atoms with van der Waals surface area (Å²) < 4.78 is 2.50. The van der Waals surface area contributed by atoms with Gasteiger partial charge in [-0.05, 0) is 46.3 Å². The number of halogens is 1. The Labute approximate surface area is 181 Å². The van der Waals surface area contributed by atoms with E-state index < -0.39 is 0 Å². The number of amides is 1. The summed E-state index contributed by atoms with van der Waals surface area (Å²) in [6, 6.07) is 9.78. The minimum atomic E-state index is -0.277. The van der Waals surface area contributed by atoms with Crippen LogP contribution in [0.25, 0.3) is 5.69 Å². The quantitative estimate of drug-likeness (QED) is 0.481. The van der Waals surface area contributed by atoms with E-state index in [1.165, 1.54) is 0 Å². The summed E-state index contributed by atoms with van der Waals surface area (Å²) >= 11 is 3.50. The monoisotopic (exact) mass is 465 g/mol. The number of aromatic nitrogens is 4. The van der Waals surface area contributed by atoms with Crippen molar-refractivity contribution in [3.05, 3.63) is 65.5 Å². The van der Waals surface area contributed by atoms with E-state index in [1.807, 2.05) is 36.5 Å². The maximum atomic E-state index is 12.0. The number of nitrogens with two attached hydrogens (primary N) is 1. The number of benzene rings is 1. The third-order valence-corrected chi connectivity index (χ3v) is 6.28. The number of primary amides is 1. The molecule has 4 N–H and O–H groups in total. The van der Waals surface area contributed by atoms with Crippen LogP contribution in [-0.2, 0) is 4.79 Å². The van der Waals surface area contributed by atoms with Gasteiger partial charge >= 0.3 is 0 Å². The van der Waals surface area contributed by atoms with Crippen molar-refractivity contribution >= 4 is 39.3 Å². The largest absolute Gasteiger partial charge is 0.369 e. The molecule has 2 aromatic heterocycles. The molecule has 2 heterocycles. The fourth-order valence-corrected chi connectivity index (χ4v) is 4.64. The number of fused-ring (bicyclic) bond motifs is 2. The lowest BCUT2D eigenvalue weighted by Gasteiger charge is -2.27. The number of hydrogen-bond acceptors (Lipinski definition) is 6. The lowest BCUT2D eigenvalue weighted by atomic mass is 9.88. The van der Waals surface area contributed by atoms with Crippen molar-refractivity contribution in [1.29, 1.82) is 0 Å². The SMILES string of the molecule is NC(=O)[C@@H]1[C@H](Nc2nc(Nc3cnn(-c4ccccc4)c3)ncc2Br)[C@H]2C=C[C@@H]1C2. The first kappa shape index (κ1) is 18.8. The summed E-state index contributed by atoms with van der Waals surface area (Å²) in [4.78, 5) is 20.9. The Morgan fingerprint density at radius 3 is 2.77 bits per heavy atom. The fourth-order valence-electron chi connectivity index (χ4n) is 4.33. The first-order valence-electron chi connectivity index (χ1n) is 9.72. The van der Waals surface area contributed by atoms with E-state index in [1.54, 1.807) is 17.1 Å². The van der Waals surface area contributed by atoms with Gasteiger partial charge in [0.05, 0.1) is 34.2 Å². The molecule has 3 aromatic rings. The number of anilines is 3. The van der Waals surface area contributed by atoms with Crippen molar-refractivity contribution in [2.24, 2.45) is 23.5 Å². The van der Waals surface area contributed by atoms with Gasteiger partial charge < -0.3 is 16.4 Å². The number of nitrogens with zero attached hydrogens (tertiary/aromatic N) is 4. The van der Waals surface area contributed by atoms with Crippen LogP contribution in [0.4, 0.5) is 17.5 Å². The smallest absolute Gasteiger partial charge is 0.229 e. The normalized spacial score (nSPS) is 24.2. The molecule has 2 aliphatic rings. The summed E-state index contributed by atoms with van der Waals surface area (Å²) in [6.07, 6.45) is 10.5. The van der Waals surface area contributed by atoms with Gasteiger partial charge in [-0.1, -0.05) is 30.4 Å². The van der Waals surface area contributed by atoms with Gasteiger partial charge in [0, 0.05) is 12.2 Å². The van der Waals surface area contributed by atoms with Crippen LogP contribution in [0.2, 0.25) is 0 Å². The molecular weight excluding hydrogens is 446 g/mol. The van der Waals surface area contributed by atoms with E-state index in [2.05, 4.69) is 53.8 Å². The van der Waals surface area contributed by atoms with Crippen LogP contribution in [0, 0.1) is 17.8 Å². The Hall–Kier alpha value is -3.20. The topological polar surface area (TPSA) is 111 Å². The fraction of sp³-hybridized carbons (Fsp3) is 0.238. The van der Waals surface area contributed by atoms with E-state index in [-0.39, 0.29) is 29.7 Å². The van der Waals surface area contributed by atoms with Gasteiger partial charge in [-0.15, -0.1) is 0 Å². The van der Waals surface area contributed by atoms with Gasteiger partial charge in [-0.25, -0.2) is 9.67 Å². The van der Waals surface area contributed by atoms with E-state index >= 15 is 0 Å². The zero-order chi connectivity index (χ0) is 20.7. The van der Waals surface area contributed by atoms with E-state index in [0.29, 0.717) is 11.8 Å². The van der Waals surface area contributed by atoms with Crippen molar-refractivity contribution in [2.45, 2.75) is 12.5 Å². The number of hydrogen-bond donors (Lipinski definition) is 3. The molecule has 1 amide bonds. The second-order valence-corrected chi connectivity index (χ2v) is 8.43. The summed E-state index contributed by atoms with van der Waals surface area (Å²) in [7, 11) is 0. The molecule has 1 saturated carbocycles. The van der Waals surface area contributed by atoms with E-state index in [0.717, 1.165) is 22.3 Å². The van der Waals surface area contributed by atoms with Gasteiger partial charge in [-0.3, -0.25) is 4.79 Å². The third kappa shape index (κ3) is 3.45. The number of para-hydroxylation sites is 1. The molecular formula is C21H20BrN7O. The number of rotatable bonds is 6. The number of carbonyl (C=O) groups excluding carboxylic acids is 1. The molecule has 4 atom stereocenters. The predicted octanol–water partition coefficient (Wildman–Crippen LogP) is 3.26. The van der Waals surface area contributed by atoms with Gasteiger partial charge in [0.25, 0.3) is 0 Å². The second-order valence-electron chi connectivity index (χ2n) is 7.57. The number of nitrogens with one attached hydrogen (secondary N) is 2. The van der Waals surface area contributed by atoms with Crippen molar-refractivity contribution in [3.63, 3.8) is 0 Å². The summed E-state index contributed by atoms with van der Waals surface area (Å²) in [6.45, 7) is 0. The molecule has 0 saturated heterocycles. The Balaban J connectivity index is 1.35.